The smallest absolute Gasteiger partial charge is 0.0996 e. The largest absolute Gasteiger partial charge is 0.192 e. The van der Waals surface area contributed by atoms with E-state index in [1.165, 1.54) is 12.1 Å². The van der Waals surface area contributed by atoms with Crippen molar-refractivity contribution in [3.8, 4) is 6.07 Å². The molecule has 0 saturated heterocycles. The van der Waals surface area contributed by atoms with Gasteiger partial charge in [-0.1, -0.05) is 16.7 Å². The van der Waals surface area contributed by atoms with Crippen LogP contribution in [0, 0.1) is 11.3 Å². The molecule has 5 heteroatoms. The molecule has 0 radical (unpaired) electrons. The third-order valence-corrected chi connectivity index (χ3v) is 1.47. The highest BCUT2D eigenvalue weighted by Crippen LogP contribution is 2.22. The molecule has 0 bridgehead atoms. The van der Waals surface area contributed by atoms with Crippen LogP contribution in [0.3, 0.4) is 0 Å². The molecular formula is C7H3ClN4. The minimum absolute atomic E-state index is 0.257. The van der Waals surface area contributed by atoms with Gasteiger partial charge in [-0.25, -0.2) is 0 Å². The van der Waals surface area contributed by atoms with Gasteiger partial charge in [-0.3, -0.25) is 0 Å². The maximum absolute atomic E-state index is 8.56. The Morgan fingerprint density at radius 3 is 2.92 bits per heavy atom. The van der Waals surface area contributed by atoms with E-state index >= 15 is 0 Å². The van der Waals surface area contributed by atoms with Gasteiger partial charge in [0.1, 0.15) is 0 Å². The van der Waals surface area contributed by atoms with Crippen molar-refractivity contribution < 1.29 is 0 Å². The predicted octanol–water partition coefficient (Wildman–Crippen LogP) is 3.15. The number of halogens is 1. The summed E-state index contributed by atoms with van der Waals surface area (Å²) in [6.45, 7) is 0. The van der Waals surface area contributed by atoms with Crippen LogP contribution < -0.4 is 0 Å². The van der Waals surface area contributed by atoms with Crippen molar-refractivity contribution in [2.75, 3.05) is 0 Å². The molecule has 1 aromatic rings. The van der Waals surface area contributed by atoms with Crippen LogP contribution in [0.4, 0.5) is 5.69 Å². The Morgan fingerprint density at radius 1 is 1.58 bits per heavy atom. The highest BCUT2D eigenvalue weighted by atomic mass is 35.5. The molecule has 1 aromatic carbocycles. The van der Waals surface area contributed by atoms with Gasteiger partial charge in [0.05, 0.1) is 17.3 Å². The Balaban J connectivity index is 3.33. The molecule has 0 heterocycles. The molecular weight excluding hydrogens is 176 g/mol. The van der Waals surface area contributed by atoms with Gasteiger partial charge >= 0.3 is 0 Å². The third-order valence-electron chi connectivity index (χ3n) is 1.23. The Kier molecular flexibility index (Phi) is 2.54. The standard InChI is InChI=1S/C7H3ClN4/c8-6-2-1-5(4-9)7(3-6)11-12-10/h1-3H. The molecule has 12 heavy (non-hydrogen) atoms. The van der Waals surface area contributed by atoms with Crippen LogP contribution in [0.25, 0.3) is 10.4 Å². The number of azide groups is 1. The number of nitriles is 1. The Labute approximate surface area is 73.6 Å². The number of benzene rings is 1. The van der Waals surface area contributed by atoms with Crippen LogP contribution >= 0.6 is 11.6 Å². The zero-order valence-corrected chi connectivity index (χ0v) is 6.65. The molecule has 0 aliphatic carbocycles. The van der Waals surface area contributed by atoms with Crippen LogP contribution in [0.2, 0.25) is 5.02 Å². The van der Waals surface area contributed by atoms with Gasteiger partial charge in [0.2, 0.25) is 0 Å². The number of nitrogens with zero attached hydrogens (tertiary/aromatic N) is 4. The second-order valence-corrected chi connectivity index (χ2v) is 2.40. The topological polar surface area (TPSA) is 72.5 Å². The fourth-order valence-electron chi connectivity index (χ4n) is 0.730. The van der Waals surface area contributed by atoms with Crippen LogP contribution in [0.1, 0.15) is 5.56 Å². The molecule has 0 aromatic heterocycles. The van der Waals surface area contributed by atoms with Crippen LogP contribution in [0.5, 0.6) is 0 Å². The summed E-state index contributed by atoms with van der Waals surface area (Å²) in [7, 11) is 0. The van der Waals surface area contributed by atoms with Crippen LogP contribution in [-0.4, -0.2) is 0 Å². The van der Waals surface area contributed by atoms with E-state index in [4.69, 9.17) is 22.4 Å². The summed E-state index contributed by atoms with van der Waals surface area (Å²) < 4.78 is 0. The fourth-order valence-corrected chi connectivity index (χ4v) is 0.897. The van der Waals surface area contributed by atoms with Gasteiger partial charge in [-0.15, -0.1) is 0 Å². The van der Waals surface area contributed by atoms with Crippen molar-refractivity contribution in [2.24, 2.45) is 5.11 Å². The van der Waals surface area contributed by atoms with Gasteiger partial charge in [0, 0.05) is 9.93 Å². The molecule has 1 rings (SSSR count). The molecule has 4 nitrogen and oxygen atoms in total. The summed E-state index contributed by atoms with van der Waals surface area (Å²) in [6.07, 6.45) is 0. The Bertz CT molecular complexity index is 387. The Morgan fingerprint density at radius 2 is 2.33 bits per heavy atom. The molecule has 58 valence electrons. The molecule has 0 aliphatic heterocycles. The zero-order chi connectivity index (χ0) is 8.97. The highest BCUT2D eigenvalue weighted by molar-refractivity contribution is 6.30. The zero-order valence-electron chi connectivity index (χ0n) is 5.90. The second-order valence-electron chi connectivity index (χ2n) is 1.96. The molecule has 0 spiro atoms. The summed E-state index contributed by atoms with van der Waals surface area (Å²) in [5.41, 5.74) is 8.71. The molecule has 0 N–H and O–H groups in total. The van der Waals surface area contributed by atoms with Crippen molar-refractivity contribution >= 4 is 17.3 Å². The first kappa shape index (κ1) is 8.41. The van der Waals surface area contributed by atoms with E-state index in [9.17, 15) is 0 Å². The molecule has 0 atom stereocenters. The summed E-state index contributed by atoms with van der Waals surface area (Å²) >= 11 is 5.62. The lowest BCUT2D eigenvalue weighted by atomic mass is 10.2. The molecule has 0 unspecified atom stereocenters. The highest BCUT2D eigenvalue weighted by Gasteiger charge is 1.99. The molecule has 0 fully saturated rings. The van der Waals surface area contributed by atoms with Gasteiger partial charge in [0.25, 0.3) is 0 Å². The van der Waals surface area contributed by atoms with Gasteiger partial charge in [0.15, 0.2) is 0 Å². The number of hydrogen-bond donors (Lipinski definition) is 0. The average Bonchev–Trinajstić information content (AvgIpc) is 2.05. The van der Waals surface area contributed by atoms with Crippen molar-refractivity contribution in [3.05, 3.63) is 39.2 Å². The van der Waals surface area contributed by atoms with Crippen molar-refractivity contribution in [1.82, 2.24) is 0 Å². The lowest BCUT2D eigenvalue weighted by Gasteiger charge is -1.94. The Hall–Kier alpha value is -1.69. The maximum atomic E-state index is 8.56. The first-order valence-electron chi connectivity index (χ1n) is 3.02. The van der Waals surface area contributed by atoms with Crippen molar-refractivity contribution in [1.29, 1.82) is 5.26 Å². The van der Waals surface area contributed by atoms with Gasteiger partial charge in [-0.05, 0) is 23.7 Å². The number of rotatable bonds is 1. The van der Waals surface area contributed by atoms with E-state index in [0.29, 0.717) is 10.6 Å². The van der Waals surface area contributed by atoms with E-state index < -0.39 is 0 Å². The molecule has 0 aliphatic rings. The average molecular weight is 179 g/mol. The second kappa shape index (κ2) is 3.63. The van der Waals surface area contributed by atoms with Crippen LogP contribution in [-0.2, 0) is 0 Å². The van der Waals surface area contributed by atoms with E-state index in [1.807, 2.05) is 6.07 Å². The lowest BCUT2D eigenvalue weighted by molar-refractivity contribution is 1.42. The fraction of sp³-hybridized carbons (Fsp3) is 0. The van der Waals surface area contributed by atoms with Gasteiger partial charge in [-0.2, -0.15) is 5.26 Å². The van der Waals surface area contributed by atoms with E-state index in [2.05, 4.69) is 10.0 Å². The monoisotopic (exact) mass is 178 g/mol. The van der Waals surface area contributed by atoms with Crippen molar-refractivity contribution in [3.63, 3.8) is 0 Å². The minimum atomic E-state index is 0.257. The van der Waals surface area contributed by atoms with Crippen molar-refractivity contribution in [2.45, 2.75) is 0 Å². The van der Waals surface area contributed by atoms with Crippen LogP contribution in [0.15, 0.2) is 23.3 Å². The third kappa shape index (κ3) is 1.67. The first-order chi connectivity index (χ1) is 5.77. The summed E-state index contributed by atoms with van der Waals surface area (Å²) in [4.78, 5) is 2.57. The summed E-state index contributed by atoms with van der Waals surface area (Å²) in [5.74, 6) is 0. The SMILES string of the molecule is N#Cc1ccc(Cl)cc1N=[N+]=[N-]. The first-order valence-corrected chi connectivity index (χ1v) is 3.40. The lowest BCUT2D eigenvalue weighted by Crippen LogP contribution is -1.74. The van der Waals surface area contributed by atoms with E-state index in [0.717, 1.165) is 0 Å². The number of hydrogen-bond acceptors (Lipinski definition) is 2. The predicted molar refractivity (Wildman–Crippen MR) is 45.0 cm³/mol. The normalized spacial score (nSPS) is 8.33. The molecule has 0 saturated carbocycles. The summed E-state index contributed by atoms with van der Waals surface area (Å²) in [6, 6.07) is 6.40. The minimum Gasteiger partial charge on any atom is -0.192 e. The van der Waals surface area contributed by atoms with E-state index in [1.54, 1.807) is 6.07 Å². The summed E-state index contributed by atoms with van der Waals surface area (Å²) in [5, 5.41) is 12.3. The van der Waals surface area contributed by atoms with E-state index in [-0.39, 0.29) is 5.69 Å². The molecule has 0 amide bonds. The van der Waals surface area contributed by atoms with Gasteiger partial charge < -0.3 is 0 Å². The quantitative estimate of drug-likeness (QED) is 0.370. The maximum Gasteiger partial charge on any atom is 0.0996 e.